The first-order valence-corrected chi connectivity index (χ1v) is 5.43. The van der Waals surface area contributed by atoms with Crippen LogP contribution in [0, 0.1) is 0 Å². The first-order chi connectivity index (χ1) is 7.06. The molecule has 0 amide bonds. The van der Waals surface area contributed by atoms with E-state index in [9.17, 15) is 4.79 Å². The van der Waals surface area contributed by atoms with Crippen molar-refractivity contribution in [2.45, 2.75) is 19.8 Å². The molecule has 0 aromatic heterocycles. The van der Waals surface area contributed by atoms with Gasteiger partial charge in [0.05, 0.1) is 22.6 Å². The molecule has 0 radical (unpaired) electrons. The summed E-state index contributed by atoms with van der Waals surface area (Å²) in [5.41, 5.74) is 0.808. The number of benzene rings is 1. The standard InChI is InChI=1S/C11H12Cl2O2/c1-3-15-11(14)7(2)8-4-5-9(12)10(13)6-8/h4-7H,3H2,1-2H3. The van der Waals surface area contributed by atoms with Crippen molar-refractivity contribution in [2.75, 3.05) is 6.61 Å². The molecule has 0 aliphatic carbocycles. The predicted octanol–water partition coefficient (Wildman–Crippen LogP) is 3.66. The zero-order valence-electron chi connectivity index (χ0n) is 8.59. The average molecular weight is 247 g/mol. The molecular formula is C11H12Cl2O2. The van der Waals surface area contributed by atoms with E-state index in [0.29, 0.717) is 16.7 Å². The minimum absolute atomic E-state index is 0.254. The number of rotatable bonds is 3. The van der Waals surface area contributed by atoms with Crippen molar-refractivity contribution >= 4 is 29.2 Å². The van der Waals surface area contributed by atoms with Gasteiger partial charge in [-0.3, -0.25) is 4.79 Å². The Hall–Kier alpha value is -0.730. The molecule has 0 spiro atoms. The molecule has 0 bridgehead atoms. The third-order valence-electron chi connectivity index (χ3n) is 2.08. The van der Waals surface area contributed by atoms with E-state index in [-0.39, 0.29) is 11.9 Å². The van der Waals surface area contributed by atoms with Crippen LogP contribution in [-0.2, 0) is 9.53 Å². The van der Waals surface area contributed by atoms with Crippen LogP contribution in [0.3, 0.4) is 0 Å². The summed E-state index contributed by atoms with van der Waals surface area (Å²) in [6.45, 7) is 3.93. The number of carbonyl (C=O) groups is 1. The lowest BCUT2D eigenvalue weighted by atomic mass is 10.0. The molecule has 0 saturated carbocycles. The second kappa shape index (κ2) is 5.38. The van der Waals surface area contributed by atoms with Crippen molar-refractivity contribution < 1.29 is 9.53 Å². The Labute approximate surface area is 99.1 Å². The maximum absolute atomic E-state index is 11.4. The second-order valence-electron chi connectivity index (χ2n) is 3.15. The number of carbonyl (C=O) groups excluding carboxylic acids is 1. The molecular weight excluding hydrogens is 235 g/mol. The fourth-order valence-corrected chi connectivity index (χ4v) is 1.49. The molecule has 1 unspecified atom stereocenters. The van der Waals surface area contributed by atoms with Gasteiger partial charge >= 0.3 is 5.97 Å². The molecule has 15 heavy (non-hydrogen) atoms. The highest BCUT2D eigenvalue weighted by Crippen LogP contribution is 2.26. The topological polar surface area (TPSA) is 26.3 Å². The van der Waals surface area contributed by atoms with Gasteiger partial charge < -0.3 is 4.74 Å². The van der Waals surface area contributed by atoms with Gasteiger partial charge in [0.25, 0.3) is 0 Å². The summed E-state index contributed by atoms with van der Waals surface area (Å²) in [7, 11) is 0. The summed E-state index contributed by atoms with van der Waals surface area (Å²) in [5, 5.41) is 0.932. The van der Waals surface area contributed by atoms with Crippen LogP contribution in [0.5, 0.6) is 0 Å². The summed E-state index contributed by atoms with van der Waals surface area (Å²) in [4.78, 5) is 11.4. The van der Waals surface area contributed by atoms with Crippen molar-refractivity contribution in [3.8, 4) is 0 Å². The van der Waals surface area contributed by atoms with E-state index in [2.05, 4.69) is 0 Å². The molecule has 0 aliphatic rings. The van der Waals surface area contributed by atoms with Crippen LogP contribution >= 0.6 is 23.2 Å². The van der Waals surface area contributed by atoms with Crippen LogP contribution in [0.1, 0.15) is 25.3 Å². The van der Waals surface area contributed by atoms with E-state index in [1.165, 1.54) is 0 Å². The number of esters is 1. The molecule has 1 rings (SSSR count). The third-order valence-corrected chi connectivity index (χ3v) is 2.82. The lowest BCUT2D eigenvalue weighted by molar-refractivity contribution is -0.144. The smallest absolute Gasteiger partial charge is 0.313 e. The van der Waals surface area contributed by atoms with Gasteiger partial charge in [0.15, 0.2) is 0 Å². The van der Waals surface area contributed by atoms with Crippen molar-refractivity contribution in [1.29, 1.82) is 0 Å². The molecule has 82 valence electrons. The van der Waals surface area contributed by atoms with Crippen LogP contribution in [0.2, 0.25) is 10.0 Å². The van der Waals surface area contributed by atoms with Crippen molar-refractivity contribution in [2.24, 2.45) is 0 Å². The van der Waals surface area contributed by atoms with Crippen LogP contribution < -0.4 is 0 Å². The first-order valence-electron chi connectivity index (χ1n) is 4.67. The molecule has 1 aromatic rings. The highest BCUT2D eigenvalue weighted by Gasteiger charge is 2.16. The van der Waals surface area contributed by atoms with Crippen molar-refractivity contribution in [3.63, 3.8) is 0 Å². The Morgan fingerprint density at radius 1 is 1.40 bits per heavy atom. The molecule has 2 nitrogen and oxygen atoms in total. The van der Waals surface area contributed by atoms with Gasteiger partial charge in [-0.1, -0.05) is 29.3 Å². The van der Waals surface area contributed by atoms with E-state index in [4.69, 9.17) is 27.9 Å². The molecule has 0 fully saturated rings. The Kier molecular flexibility index (Phi) is 4.43. The number of ether oxygens (including phenoxy) is 1. The highest BCUT2D eigenvalue weighted by molar-refractivity contribution is 6.42. The van der Waals surface area contributed by atoms with Gasteiger partial charge in [-0.15, -0.1) is 0 Å². The zero-order chi connectivity index (χ0) is 11.4. The number of hydrogen-bond acceptors (Lipinski definition) is 2. The van der Waals surface area contributed by atoms with E-state index in [1.807, 2.05) is 0 Å². The van der Waals surface area contributed by atoms with Gasteiger partial charge in [-0.2, -0.15) is 0 Å². The molecule has 0 saturated heterocycles. The molecule has 1 atom stereocenters. The van der Waals surface area contributed by atoms with E-state index < -0.39 is 0 Å². The second-order valence-corrected chi connectivity index (χ2v) is 3.96. The summed E-state index contributed by atoms with van der Waals surface area (Å²) in [5.74, 6) is -0.574. The van der Waals surface area contributed by atoms with E-state index in [0.717, 1.165) is 5.56 Å². The summed E-state index contributed by atoms with van der Waals surface area (Å²) >= 11 is 11.6. The maximum atomic E-state index is 11.4. The fraction of sp³-hybridized carbons (Fsp3) is 0.364. The third kappa shape index (κ3) is 3.11. The van der Waals surface area contributed by atoms with Crippen LogP contribution in [0.25, 0.3) is 0 Å². The van der Waals surface area contributed by atoms with Crippen molar-refractivity contribution in [3.05, 3.63) is 33.8 Å². The SMILES string of the molecule is CCOC(=O)C(C)c1ccc(Cl)c(Cl)c1. The van der Waals surface area contributed by atoms with E-state index >= 15 is 0 Å². The normalized spacial score (nSPS) is 12.3. The Morgan fingerprint density at radius 2 is 2.07 bits per heavy atom. The van der Waals surface area contributed by atoms with Gasteiger partial charge in [-0.05, 0) is 31.5 Å². The number of hydrogen-bond donors (Lipinski definition) is 0. The van der Waals surface area contributed by atoms with E-state index in [1.54, 1.807) is 32.0 Å². The van der Waals surface area contributed by atoms with Crippen LogP contribution in [0.15, 0.2) is 18.2 Å². The monoisotopic (exact) mass is 246 g/mol. The Bertz CT molecular complexity index is 364. The molecule has 4 heteroatoms. The quantitative estimate of drug-likeness (QED) is 0.762. The fourth-order valence-electron chi connectivity index (χ4n) is 1.19. The van der Waals surface area contributed by atoms with Gasteiger partial charge in [-0.25, -0.2) is 0 Å². The van der Waals surface area contributed by atoms with Gasteiger partial charge in [0, 0.05) is 0 Å². The molecule has 0 aliphatic heterocycles. The lowest BCUT2D eigenvalue weighted by Crippen LogP contribution is -2.12. The summed E-state index contributed by atoms with van der Waals surface area (Å²) in [6, 6.07) is 5.14. The number of halogens is 2. The minimum atomic E-state index is -0.320. The lowest BCUT2D eigenvalue weighted by Gasteiger charge is -2.11. The van der Waals surface area contributed by atoms with Gasteiger partial charge in [0.1, 0.15) is 0 Å². The molecule has 1 aromatic carbocycles. The Morgan fingerprint density at radius 3 is 2.60 bits per heavy atom. The Balaban J connectivity index is 2.86. The highest BCUT2D eigenvalue weighted by atomic mass is 35.5. The summed E-state index contributed by atoms with van der Waals surface area (Å²) in [6.07, 6.45) is 0. The van der Waals surface area contributed by atoms with Crippen LogP contribution in [0.4, 0.5) is 0 Å². The average Bonchev–Trinajstić information content (AvgIpc) is 2.21. The minimum Gasteiger partial charge on any atom is -0.466 e. The van der Waals surface area contributed by atoms with Gasteiger partial charge in [0.2, 0.25) is 0 Å². The van der Waals surface area contributed by atoms with Crippen LogP contribution in [-0.4, -0.2) is 12.6 Å². The maximum Gasteiger partial charge on any atom is 0.313 e. The molecule has 0 N–H and O–H groups in total. The zero-order valence-corrected chi connectivity index (χ0v) is 10.1. The summed E-state index contributed by atoms with van der Waals surface area (Å²) < 4.78 is 4.91. The first kappa shape index (κ1) is 12.3. The predicted molar refractivity (Wildman–Crippen MR) is 61.5 cm³/mol. The van der Waals surface area contributed by atoms with Crippen molar-refractivity contribution in [1.82, 2.24) is 0 Å². The largest absolute Gasteiger partial charge is 0.466 e. The molecule has 0 heterocycles.